The smallest absolute Gasteiger partial charge is 0.335 e. The Bertz CT molecular complexity index is 884. The molecule has 0 spiro atoms. The van der Waals surface area contributed by atoms with E-state index in [1.165, 1.54) is 38.1 Å². The number of rotatable bonds is 6. The highest BCUT2D eigenvalue weighted by molar-refractivity contribution is 6.06. The second-order valence-corrected chi connectivity index (χ2v) is 6.15. The molecule has 0 aliphatic rings. The Hall–Kier alpha value is -3.35. The Morgan fingerprint density at radius 1 is 1.04 bits per heavy atom. The molecule has 0 aromatic heterocycles. The molecule has 2 rings (SSSR count). The molecule has 0 heterocycles. The average molecular weight is 373 g/mol. The van der Waals surface area contributed by atoms with Crippen LogP contribution in [-0.2, 0) is 4.79 Å². The van der Waals surface area contributed by atoms with Crippen LogP contribution in [0.4, 0.5) is 8.78 Å². The number of hydrogen-bond acceptors (Lipinski definition) is 4. The van der Waals surface area contributed by atoms with Crippen LogP contribution < -0.4 is 10.1 Å². The Labute approximate surface area is 154 Å². The van der Waals surface area contributed by atoms with Crippen molar-refractivity contribution >= 4 is 17.7 Å². The van der Waals surface area contributed by atoms with Crippen LogP contribution in [0.5, 0.6) is 5.75 Å². The molecule has 0 aliphatic carbocycles. The van der Waals surface area contributed by atoms with Crippen molar-refractivity contribution in [1.82, 2.24) is 5.32 Å². The molecule has 0 aliphatic heterocycles. The minimum absolute atomic E-state index is 0.215. The Kier molecular flexibility index (Phi) is 5.85. The van der Waals surface area contributed by atoms with Gasteiger partial charge in [0.2, 0.25) is 0 Å². The molecule has 0 unspecified atom stereocenters. The second-order valence-electron chi connectivity index (χ2n) is 6.15. The number of esters is 1. The lowest BCUT2D eigenvalue weighted by Crippen LogP contribution is -2.50. The highest BCUT2D eigenvalue weighted by Crippen LogP contribution is 2.19. The normalized spacial score (nSPS) is 10.8. The fourth-order valence-corrected chi connectivity index (χ4v) is 2.31. The monoisotopic (exact) mass is 373 g/mol. The summed E-state index contributed by atoms with van der Waals surface area (Å²) in [5, 5.41) is 2.34. The number of hydrogen-bond donors (Lipinski definition) is 1. The predicted octanol–water partition coefficient (Wildman–Crippen LogP) is 3.45. The van der Waals surface area contributed by atoms with Crippen molar-refractivity contribution in [3.05, 3.63) is 77.9 Å². The zero-order valence-electron chi connectivity index (χ0n) is 14.7. The van der Waals surface area contributed by atoms with Crippen molar-refractivity contribution in [2.45, 2.75) is 19.4 Å². The average Bonchev–Trinajstić information content (AvgIpc) is 2.61. The van der Waals surface area contributed by atoms with E-state index in [0.717, 1.165) is 24.3 Å². The number of carbonyl (C=O) groups excluding carboxylic acids is 3. The third-order valence-electron chi connectivity index (χ3n) is 3.69. The van der Waals surface area contributed by atoms with Crippen LogP contribution in [0.25, 0.3) is 0 Å². The maximum atomic E-state index is 13.7. The molecule has 27 heavy (non-hydrogen) atoms. The van der Waals surface area contributed by atoms with E-state index in [9.17, 15) is 23.2 Å². The molecule has 7 heteroatoms. The summed E-state index contributed by atoms with van der Waals surface area (Å²) in [6.07, 6.45) is 1.000. The van der Waals surface area contributed by atoms with Crippen molar-refractivity contribution in [3.8, 4) is 5.75 Å². The highest BCUT2D eigenvalue weighted by Gasteiger charge is 2.32. The van der Waals surface area contributed by atoms with Crippen LogP contribution >= 0.6 is 0 Å². The standard InChI is InChI=1S/C20H17F2NO4/c1-4-16(24)27-13-10-8-12(9-11-13)18(25)20(2,3)23-19(26)17-14(21)6-5-7-15(17)22/h4-11H,1H2,2-3H3,(H,23,26). The number of benzene rings is 2. The summed E-state index contributed by atoms with van der Waals surface area (Å²) in [5.41, 5.74) is -1.98. The zero-order valence-corrected chi connectivity index (χ0v) is 14.7. The minimum Gasteiger partial charge on any atom is -0.423 e. The van der Waals surface area contributed by atoms with Gasteiger partial charge in [-0.3, -0.25) is 9.59 Å². The van der Waals surface area contributed by atoms with Crippen molar-refractivity contribution in [1.29, 1.82) is 0 Å². The molecule has 0 bridgehead atoms. The first-order valence-corrected chi connectivity index (χ1v) is 7.91. The molecule has 0 fully saturated rings. The molecular formula is C20H17F2NO4. The van der Waals surface area contributed by atoms with Gasteiger partial charge >= 0.3 is 5.97 Å². The van der Waals surface area contributed by atoms with Gasteiger partial charge in [-0.25, -0.2) is 13.6 Å². The number of halogens is 2. The first-order valence-electron chi connectivity index (χ1n) is 7.91. The third-order valence-corrected chi connectivity index (χ3v) is 3.69. The van der Waals surface area contributed by atoms with E-state index in [2.05, 4.69) is 11.9 Å². The van der Waals surface area contributed by atoms with Gasteiger partial charge in [0.25, 0.3) is 5.91 Å². The van der Waals surface area contributed by atoms with Gasteiger partial charge in [0, 0.05) is 11.6 Å². The van der Waals surface area contributed by atoms with Gasteiger partial charge in [-0.1, -0.05) is 12.6 Å². The maximum Gasteiger partial charge on any atom is 0.335 e. The van der Waals surface area contributed by atoms with Crippen LogP contribution in [0.2, 0.25) is 0 Å². The summed E-state index contributed by atoms with van der Waals surface area (Å²) >= 11 is 0. The van der Waals surface area contributed by atoms with Crippen LogP contribution in [0.1, 0.15) is 34.6 Å². The number of nitrogens with one attached hydrogen (secondary N) is 1. The molecule has 5 nitrogen and oxygen atoms in total. The van der Waals surface area contributed by atoms with Gasteiger partial charge in [0.15, 0.2) is 5.78 Å². The minimum atomic E-state index is -1.44. The number of carbonyl (C=O) groups is 3. The Morgan fingerprint density at radius 3 is 2.11 bits per heavy atom. The quantitative estimate of drug-likeness (QED) is 0.364. The highest BCUT2D eigenvalue weighted by atomic mass is 19.1. The van der Waals surface area contributed by atoms with E-state index in [-0.39, 0.29) is 11.3 Å². The molecule has 140 valence electrons. The first-order chi connectivity index (χ1) is 12.7. The van der Waals surface area contributed by atoms with Crippen molar-refractivity contribution in [2.75, 3.05) is 0 Å². The number of ether oxygens (including phenoxy) is 1. The number of ketones is 1. The molecule has 2 aromatic rings. The van der Waals surface area contributed by atoms with Gasteiger partial charge in [-0.2, -0.15) is 0 Å². The molecule has 1 N–H and O–H groups in total. The SMILES string of the molecule is C=CC(=O)Oc1ccc(C(=O)C(C)(C)NC(=O)c2c(F)cccc2F)cc1. The van der Waals surface area contributed by atoms with Crippen LogP contribution in [0.15, 0.2) is 55.1 Å². The molecule has 1 amide bonds. The van der Waals surface area contributed by atoms with Crippen molar-refractivity contribution in [3.63, 3.8) is 0 Å². The Morgan fingerprint density at radius 2 is 1.59 bits per heavy atom. The third kappa shape index (κ3) is 4.63. The van der Waals surface area contributed by atoms with E-state index in [0.29, 0.717) is 0 Å². The van der Waals surface area contributed by atoms with E-state index in [1.807, 2.05) is 0 Å². The molecule has 0 atom stereocenters. The fraction of sp³-hybridized carbons (Fsp3) is 0.150. The second kappa shape index (κ2) is 7.90. The van der Waals surface area contributed by atoms with Gasteiger partial charge < -0.3 is 10.1 Å². The largest absolute Gasteiger partial charge is 0.423 e. The maximum absolute atomic E-state index is 13.7. The van der Waals surface area contributed by atoms with Crippen molar-refractivity contribution < 1.29 is 27.9 Å². The topological polar surface area (TPSA) is 72.5 Å². The molecular weight excluding hydrogens is 356 g/mol. The summed E-state index contributed by atoms with van der Waals surface area (Å²) in [6.45, 7) is 6.11. The fourth-order valence-electron chi connectivity index (χ4n) is 2.31. The van der Waals surface area contributed by atoms with Crippen LogP contribution in [0, 0.1) is 11.6 Å². The number of amides is 1. The molecule has 0 saturated heterocycles. The molecule has 0 saturated carbocycles. The van der Waals surface area contributed by atoms with Gasteiger partial charge in [0.1, 0.15) is 22.9 Å². The summed E-state index contributed by atoms with van der Waals surface area (Å²) < 4.78 is 32.4. The van der Waals surface area contributed by atoms with Crippen LogP contribution in [-0.4, -0.2) is 23.2 Å². The summed E-state index contributed by atoms with van der Waals surface area (Å²) in [5.74, 6) is -4.01. The lowest BCUT2D eigenvalue weighted by Gasteiger charge is -2.25. The summed E-state index contributed by atoms with van der Waals surface area (Å²) in [6, 6.07) is 8.67. The lowest BCUT2D eigenvalue weighted by atomic mass is 9.92. The Balaban J connectivity index is 2.18. The van der Waals surface area contributed by atoms with E-state index >= 15 is 0 Å². The molecule has 0 radical (unpaired) electrons. The van der Waals surface area contributed by atoms with Gasteiger partial charge in [0.05, 0.1) is 5.54 Å². The zero-order chi connectivity index (χ0) is 20.2. The first kappa shape index (κ1) is 20.0. The van der Waals surface area contributed by atoms with Crippen LogP contribution in [0.3, 0.4) is 0 Å². The van der Waals surface area contributed by atoms with Gasteiger partial charge in [-0.05, 0) is 50.2 Å². The molecule has 2 aromatic carbocycles. The van der Waals surface area contributed by atoms with E-state index in [1.54, 1.807) is 0 Å². The predicted molar refractivity (Wildman–Crippen MR) is 94.5 cm³/mol. The van der Waals surface area contributed by atoms with Gasteiger partial charge in [-0.15, -0.1) is 0 Å². The van der Waals surface area contributed by atoms with Crippen molar-refractivity contribution in [2.24, 2.45) is 0 Å². The number of Topliss-reactive ketones (excluding diaryl/α,β-unsaturated/α-hetero) is 1. The summed E-state index contributed by atoms with van der Waals surface area (Å²) in [4.78, 5) is 36.1. The van der Waals surface area contributed by atoms with E-state index in [4.69, 9.17) is 4.74 Å². The lowest BCUT2D eigenvalue weighted by molar-refractivity contribution is -0.128. The van der Waals surface area contributed by atoms with E-state index < -0.39 is 40.4 Å². The summed E-state index contributed by atoms with van der Waals surface area (Å²) in [7, 11) is 0.